The first kappa shape index (κ1) is 14.8. The number of piperazine rings is 1. The molecule has 0 aliphatic carbocycles. The molecule has 2 N–H and O–H groups in total. The van der Waals surface area contributed by atoms with Gasteiger partial charge in [0.25, 0.3) is 5.91 Å². The molecule has 2 saturated heterocycles. The summed E-state index contributed by atoms with van der Waals surface area (Å²) in [6.07, 6.45) is 5.76. The van der Waals surface area contributed by atoms with Crippen LogP contribution in [0.5, 0.6) is 0 Å². The quantitative estimate of drug-likeness (QED) is 0.635. The Hall–Kier alpha value is -2.74. The van der Waals surface area contributed by atoms with E-state index in [1.807, 2.05) is 12.3 Å². The van der Waals surface area contributed by atoms with Gasteiger partial charge in [-0.3, -0.25) is 10.0 Å². The Morgan fingerprint density at radius 3 is 2.54 bits per heavy atom. The molecule has 2 aliphatic rings. The van der Waals surface area contributed by atoms with Gasteiger partial charge in [0.2, 0.25) is 5.95 Å². The van der Waals surface area contributed by atoms with Crippen molar-refractivity contribution in [1.29, 1.82) is 0 Å². The lowest BCUT2D eigenvalue weighted by Gasteiger charge is -2.35. The highest BCUT2D eigenvalue weighted by molar-refractivity contribution is 5.92. The molecule has 24 heavy (non-hydrogen) atoms. The summed E-state index contributed by atoms with van der Waals surface area (Å²) in [6.45, 7) is 3.80. The Bertz CT molecular complexity index is 765. The Morgan fingerprint density at radius 2 is 1.92 bits per heavy atom. The standard InChI is InChI=1S/C16H18N6O2/c1-10-2-3-17-14(4-10)21-8-13-5-12(21)9-22(13)16-18-6-11(7-19-16)15(23)20-24/h2-4,6-7,12-13,24H,5,8-9H2,1H3,(H,20,23)/t12-,13-/m0/s1. The Morgan fingerprint density at radius 1 is 1.21 bits per heavy atom. The monoisotopic (exact) mass is 326 g/mol. The third-order valence-corrected chi connectivity index (χ3v) is 4.69. The van der Waals surface area contributed by atoms with E-state index in [0.717, 1.165) is 25.3 Å². The summed E-state index contributed by atoms with van der Waals surface area (Å²) in [5.41, 5.74) is 3.02. The minimum absolute atomic E-state index is 0.233. The van der Waals surface area contributed by atoms with Gasteiger partial charge in [0, 0.05) is 31.7 Å². The number of pyridine rings is 1. The fourth-order valence-corrected chi connectivity index (χ4v) is 3.52. The number of rotatable bonds is 3. The highest BCUT2D eigenvalue weighted by Gasteiger charge is 2.44. The molecule has 2 aromatic heterocycles. The molecule has 0 spiro atoms. The summed E-state index contributed by atoms with van der Waals surface area (Å²) >= 11 is 0. The van der Waals surface area contributed by atoms with Crippen LogP contribution in [-0.2, 0) is 0 Å². The zero-order chi connectivity index (χ0) is 16.7. The van der Waals surface area contributed by atoms with Gasteiger partial charge < -0.3 is 9.80 Å². The molecule has 1 amide bonds. The smallest absolute Gasteiger partial charge is 0.277 e. The molecule has 2 fully saturated rings. The van der Waals surface area contributed by atoms with Crippen molar-refractivity contribution in [3.63, 3.8) is 0 Å². The molecule has 8 nitrogen and oxygen atoms in total. The molecular weight excluding hydrogens is 308 g/mol. The average molecular weight is 326 g/mol. The molecule has 0 aromatic carbocycles. The number of carbonyl (C=O) groups is 1. The summed E-state index contributed by atoms with van der Waals surface area (Å²) in [5, 5.41) is 8.63. The maximum atomic E-state index is 11.3. The summed E-state index contributed by atoms with van der Waals surface area (Å²) < 4.78 is 0. The largest absolute Gasteiger partial charge is 0.350 e. The molecule has 2 aliphatic heterocycles. The SMILES string of the molecule is Cc1ccnc(N2C[C@@H]3C[C@H]2CN3c2ncc(C(=O)NO)cn2)c1. The number of amides is 1. The number of hydrogen-bond donors (Lipinski definition) is 2. The van der Waals surface area contributed by atoms with Gasteiger partial charge in [0.1, 0.15) is 5.82 Å². The van der Waals surface area contributed by atoms with Crippen LogP contribution < -0.4 is 15.3 Å². The van der Waals surface area contributed by atoms with Crippen LogP contribution in [0.4, 0.5) is 11.8 Å². The topological polar surface area (TPSA) is 94.5 Å². The van der Waals surface area contributed by atoms with Crippen LogP contribution in [-0.4, -0.2) is 51.2 Å². The molecule has 124 valence electrons. The van der Waals surface area contributed by atoms with Crippen LogP contribution in [0.2, 0.25) is 0 Å². The summed E-state index contributed by atoms with van der Waals surface area (Å²) in [5.74, 6) is 1.04. The maximum absolute atomic E-state index is 11.3. The molecule has 4 heterocycles. The lowest BCUT2D eigenvalue weighted by atomic mass is 10.2. The van der Waals surface area contributed by atoms with Crippen LogP contribution >= 0.6 is 0 Å². The second kappa shape index (κ2) is 5.72. The summed E-state index contributed by atoms with van der Waals surface area (Å²) in [6, 6.07) is 4.86. The Labute approximate surface area is 139 Å². The van der Waals surface area contributed by atoms with Crippen molar-refractivity contribution in [1.82, 2.24) is 20.4 Å². The number of aryl methyl sites for hydroxylation is 1. The van der Waals surface area contributed by atoms with Crippen molar-refractivity contribution in [3.05, 3.63) is 41.9 Å². The van der Waals surface area contributed by atoms with Crippen LogP contribution in [0.1, 0.15) is 22.3 Å². The molecule has 4 rings (SSSR count). The number of anilines is 2. The number of nitrogens with one attached hydrogen (secondary N) is 1. The van der Waals surface area contributed by atoms with Gasteiger partial charge in [0.05, 0.1) is 17.6 Å². The van der Waals surface area contributed by atoms with Gasteiger partial charge >= 0.3 is 0 Å². The van der Waals surface area contributed by atoms with Crippen LogP contribution in [0, 0.1) is 6.92 Å². The minimum Gasteiger partial charge on any atom is -0.350 e. The van der Waals surface area contributed by atoms with E-state index in [0.29, 0.717) is 18.0 Å². The van der Waals surface area contributed by atoms with Crippen molar-refractivity contribution in [2.75, 3.05) is 22.9 Å². The van der Waals surface area contributed by atoms with Gasteiger partial charge in [-0.25, -0.2) is 20.4 Å². The second-order valence-corrected chi connectivity index (χ2v) is 6.25. The van der Waals surface area contributed by atoms with Crippen molar-refractivity contribution in [3.8, 4) is 0 Å². The van der Waals surface area contributed by atoms with Crippen LogP contribution in [0.15, 0.2) is 30.7 Å². The van der Waals surface area contributed by atoms with E-state index < -0.39 is 5.91 Å². The van der Waals surface area contributed by atoms with E-state index in [1.165, 1.54) is 18.0 Å². The van der Waals surface area contributed by atoms with E-state index in [1.54, 1.807) is 5.48 Å². The highest BCUT2D eigenvalue weighted by Crippen LogP contribution is 2.35. The van der Waals surface area contributed by atoms with E-state index in [4.69, 9.17) is 5.21 Å². The van der Waals surface area contributed by atoms with Gasteiger partial charge in [-0.1, -0.05) is 0 Å². The van der Waals surface area contributed by atoms with Gasteiger partial charge in [-0.15, -0.1) is 0 Å². The minimum atomic E-state index is -0.610. The lowest BCUT2D eigenvalue weighted by Crippen LogP contribution is -2.47. The van der Waals surface area contributed by atoms with Crippen molar-refractivity contribution < 1.29 is 10.0 Å². The van der Waals surface area contributed by atoms with Gasteiger partial charge in [0.15, 0.2) is 0 Å². The molecule has 2 aromatic rings. The zero-order valence-corrected chi connectivity index (χ0v) is 13.3. The first-order valence-electron chi connectivity index (χ1n) is 7.88. The summed E-state index contributed by atoms with van der Waals surface area (Å²) in [4.78, 5) is 28.9. The highest BCUT2D eigenvalue weighted by atomic mass is 16.5. The lowest BCUT2D eigenvalue weighted by molar-refractivity contribution is 0.0705. The third kappa shape index (κ3) is 2.44. The second-order valence-electron chi connectivity index (χ2n) is 6.25. The Balaban J connectivity index is 1.49. The van der Waals surface area contributed by atoms with Crippen molar-refractivity contribution in [2.45, 2.75) is 25.4 Å². The van der Waals surface area contributed by atoms with E-state index in [9.17, 15) is 4.79 Å². The number of fused-ring (bicyclic) bond motifs is 2. The first-order chi connectivity index (χ1) is 11.7. The van der Waals surface area contributed by atoms with Gasteiger partial charge in [-0.2, -0.15) is 0 Å². The van der Waals surface area contributed by atoms with E-state index >= 15 is 0 Å². The molecule has 0 radical (unpaired) electrons. The van der Waals surface area contributed by atoms with Crippen LogP contribution in [0.25, 0.3) is 0 Å². The van der Waals surface area contributed by atoms with Crippen molar-refractivity contribution >= 4 is 17.7 Å². The number of nitrogens with zero attached hydrogens (tertiary/aromatic N) is 5. The average Bonchev–Trinajstić information content (AvgIpc) is 3.22. The fourth-order valence-electron chi connectivity index (χ4n) is 3.52. The van der Waals surface area contributed by atoms with Gasteiger partial charge in [-0.05, 0) is 31.0 Å². The Kier molecular flexibility index (Phi) is 3.53. The van der Waals surface area contributed by atoms with E-state index in [-0.39, 0.29) is 5.56 Å². The number of aromatic nitrogens is 3. The molecular formula is C16H18N6O2. The molecule has 8 heteroatoms. The van der Waals surface area contributed by atoms with E-state index in [2.05, 4.69) is 37.7 Å². The fraction of sp³-hybridized carbons (Fsp3) is 0.375. The molecule has 2 atom stereocenters. The predicted molar refractivity (Wildman–Crippen MR) is 87.1 cm³/mol. The summed E-state index contributed by atoms with van der Waals surface area (Å²) in [7, 11) is 0. The number of hydroxylamine groups is 1. The zero-order valence-electron chi connectivity index (χ0n) is 13.3. The van der Waals surface area contributed by atoms with Crippen LogP contribution in [0.3, 0.4) is 0 Å². The molecule has 2 bridgehead atoms. The molecule has 0 unspecified atom stereocenters. The van der Waals surface area contributed by atoms with Crippen molar-refractivity contribution in [2.24, 2.45) is 0 Å². The maximum Gasteiger partial charge on any atom is 0.277 e. The molecule has 0 saturated carbocycles. The first-order valence-corrected chi connectivity index (χ1v) is 7.88. The normalized spacial score (nSPS) is 22.1. The number of hydrogen-bond acceptors (Lipinski definition) is 7. The third-order valence-electron chi connectivity index (χ3n) is 4.69. The number of carbonyl (C=O) groups excluding carboxylic acids is 1. The predicted octanol–water partition coefficient (Wildman–Crippen LogP) is 0.767.